The van der Waals surface area contributed by atoms with Crippen LogP contribution in [0.1, 0.15) is 5.56 Å². The van der Waals surface area contributed by atoms with Gasteiger partial charge in [-0.1, -0.05) is 6.07 Å². The molecule has 0 atom stereocenters. The van der Waals surface area contributed by atoms with Crippen LogP contribution in [0, 0.1) is 0 Å². The Bertz CT molecular complexity index is 630. The van der Waals surface area contributed by atoms with E-state index in [4.69, 9.17) is 4.74 Å². The monoisotopic (exact) mass is 233 g/mol. The average Bonchev–Trinajstić information content (AvgIpc) is 2.33. The summed E-state index contributed by atoms with van der Waals surface area (Å²) < 4.78 is 6.46. The lowest BCUT2D eigenvalue weighted by Crippen LogP contribution is -2.29. The molecule has 0 aliphatic carbocycles. The van der Waals surface area contributed by atoms with E-state index < -0.39 is 11.2 Å². The van der Waals surface area contributed by atoms with Gasteiger partial charge in [0, 0.05) is 24.0 Å². The Balaban J connectivity index is 2.38. The number of aromatic amines is 1. The third-order valence-corrected chi connectivity index (χ3v) is 2.28. The molecule has 2 aromatic heterocycles. The number of nitrogens with one attached hydrogen (secondary N) is 1. The van der Waals surface area contributed by atoms with Crippen LogP contribution in [0.5, 0.6) is 5.88 Å². The van der Waals surface area contributed by atoms with Gasteiger partial charge in [-0.05, 0) is 6.07 Å². The lowest BCUT2D eigenvalue weighted by molar-refractivity contribution is 0.391. The quantitative estimate of drug-likeness (QED) is 0.808. The van der Waals surface area contributed by atoms with E-state index in [9.17, 15) is 9.59 Å². The topological polar surface area (TPSA) is 77.0 Å². The Morgan fingerprint density at radius 1 is 1.41 bits per heavy atom. The van der Waals surface area contributed by atoms with Crippen molar-refractivity contribution in [3.05, 3.63) is 57.0 Å². The van der Waals surface area contributed by atoms with Crippen molar-refractivity contribution in [1.29, 1.82) is 0 Å². The van der Waals surface area contributed by atoms with E-state index in [1.165, 1.54) is 23.9 Å². The molecule has 0 spiro atoms. The summed E-state index contributed by atoms with van der Waals surface area (Å²) in [5, 5.41) is 0. The molecule has 0 bridgehead atoms. The Kier molecular flexibility index (Phi) is 3.04. The third-order valence-electron chi connectivity index (χ3n) is 2.28. The maximum absolute atomic E-state index is 11.5. The summed E-state index contributed by atoms with van der Waals surface area (Å²) in [6.07, 6.45) is 3.05. The van der Waals surface area contributed by atoms with E-state index in [1.807, 2.05) is 6.07 Å². The minimum absolute atomic E-state index is 0.298. The zero-order chi connectivity index (χ0) is 12.3. The van der Waals surface area contributed by atoms with Gasteiger partial charge in [0.1, 0.15) is 0 Å². The van der Waals surface area contributed by atoms with Crippen molar-refractivity contribution in [2.75, 3.05) is 7.11 Å². The van der Waals surface area contributed by atoms with Crippen LogP contribution in [0.4, 0.5) is 0 Å². The van der Waals surface area contributed by atoms with Crippen molar-refractivity contribution in [2.24, 2.45) is 0 Å². The first kappa shape index (κ1) is 11.1. The summed E-state index contributed by atoms with van der Waals surface area (Å²) in [5.41, 5.74) is -0.100. The molecular weight excluding hydrogens is 222 g/mol. The van der Waals surface area contributed by atoms with Gasteiger partial charge >= 0.3 is 5.69 Å². The van der Waals surface area contributed by atoms with Crippen LogP contribution in [0.15, 0.2) is 40.2 Å². The predicted octanol–water partition coefficient (Wildman–Crippen LogP) is -0.0115. The molecule has 6 heteroatoms. The second kappa shape index (κ2) is 4.65. The zero-order valence-corrected chi connectivity index (χ0v) is 9.21. The van der Waals surface area contributed by atoms with E-state index in [-0.39, 0.29) is 0 Å². The van der Waals surface area contributed by atoms with Crippen molar-refractivity contribution in [3.63, 3.8) is 0 Å². The maximum Gasteiger partial charge on any atom is 0.328 e. The third kappa shape index (κ3) is 2.41. The molecule has 88 valence electrons. The fourth-order valence-corrected chi connectivity index (χ4v) is 1.48. The van der Waals surface area contributed by atoms with Crippen molar-refractivity contribution >= 4 is 0 Å². The standard InChI is InChI=1S/C11H11N3O3/c1-17-10-8(3-2-5-12-10)7-14-6-4-9(15)13-11(14)16/h2-6H,7H2,1H3,(H,13,15,16). The number of methoxy groups -OCH3 is 1. The van der Waals surface area contributed by atoms with Crippen LogP contribution in [0.3, 0.4) is 0 Å². The number of nitrogens with zero attached hydrogens (tertiary/aromatic N) is 2. The van der Waals surface area contributed by atoms with Crippen LogP contribution < -0.4 is 16.0 Å². The van der Waals surface area contributed by atoms with E-state index >= 15 is 0 Å². The van der Waals surface area contributed by atoms with E-state index in [0.29, 0.717) is 12.4 Å². The summed E-state index contributed by atoms with van der Waals surface area (Å²) in [6, 6.07) is 4.86. The molecule has 0 aliphatic rings. The van der Waals surface area contributed by atoms with Crippen LogP contribution >= 0.6 is 0 Å². The van der Waals surface area contributed by atoms with Gasteiger partial charge in [-0.25, -0.2) is 9.78 Å². The summed E-state index contributed by atoms with van der Waals surface area (Å²) in [5.74, 6) is 0.464. The Morgan fingerprint density at radius 2 is 2.24 bits per heavy atom. The lowest BCUT2D eigenvalue weighted by atomic mass is 10.2. The summed E-state index contributed by atoms with van der Waals surface area (Å²) in [7, 11) is 1.52. The molecular formula is C11H11N3O3. The second-order valence-electron chi connectivity index (χ2n) is 3.41. The first-order valence-corrected chi connectivity index (χ1v) is 4.98. The largest absolute Gasteiger partial charge is 0.481 e. The summed E-state index contributed by atoms with van der Waals surface area (Å²) in [4.78, 5) is 28.6. The first-order chi connectivity index (χ1) is 8.20. The van der Waals surface area contributed by atoms with Gasteiger partial charge in [0.05, 0.1) is 13.7 Å². The smallest absolute Gasteiger partial charge is 0.328 e. The molecule has 0 aromatic carbocycles. The van der Waals surface area contributed by atoms with Gasteiger partial charge in [0.25, 0.3) is 5.56 Å². The molecule has 6 nitrogen and oxygen atoms in total. The number of hydrogen-bond acceptors (Lipinski definition) is 4. The van der Waals surface area contributed by atoms with Gasteiger partial charge in [0.15, 0.2) is 0 Å². The molecule has 0 aliphatic heterocycles. The molecule has 1 N–H and O–H groups in total. The number of pyridine rings is 1. The highest BCUT2D eigenvalue weighted by molar-refractivity contribution is 5.25. The van der Waals surface area contributed by atoms with Crippen LogP contribution in [-0.4, -0.2) is 21.6 Å². The predicted molar refractivity (Wildman–Crippen MR) is 61.2 cm³/mol. The molecule has 0 radical (unpaired) electrons. The van der Waals surface area contributed by atoms with Crippen molar-refractivity contribution in [2.45, 2.75) is 6.54 Å². The van der Waals surface area contributed by atoms with Gasteiger partial charge in [-0.2, -0.15) is 0 Å². The molecule has 17 heavy (non-hydrogen) atoms. The molecule has 2 rings (SSSR count). The van der Waals surface area contributed by atoms with Gasteiger partial charge in [-0.15, -0.1) is 0 Å². The highest BCUT2D eigenvalue weighted by Gasteiger charge is 2.05. The summed E-state index contributed by atoms with van der Waals surface area (Å²) in [6.45, 7) is 0.298. The van der Waals surface area contributed by atoms with Crippen molar-refractivity contribution in [1.82, 2.24) is 14.5 Å². The Hall–Kier alpha value is -2.37. The molecule has 0 saturated heterocycles. The average molecular weight is 233 g/mol. The van der Waals surface area contributed by atoms with Crippen LogP contribution in [-0.2, 0) is 6.54 Å². The maximum atomic E-state index is 11.5. The number of aromatic nitrogens is 3. The molecule has 0 fully saturated rings. The molecule has 2 heterocycles. The minimum atomic E-state index is -0.455. The minimum Gasteiger partial charge on any atom is -0.481 e. The molecule has 0 saturated carbocycles. The molecule has 2 aromatic rings. The zero-order valence-electron chi connectivity index (χ0n) is 9.21. The fraction of sp³-hybridized carbons (Fsp3) is 0.182. The number of hydrogen-bond donors (Lipinski definition) is 1. The summed E-state index contributed by atoms with van der Waals surface area (Å²) >= 11 is 0. The van der Waals surface area contributed by atoms with Crippen LogP contribution in [0.2, 0.25) is 0 Å². The Morgan fingerprint density at radius 3 is 2.94 bits per heavy atom. The van der Waals surface area contributed by atoms with E-state index in [0.717, 1.165) is 5.56 Å². The first-order valence-electron chi connectivity index (χ1n) is 4.98. The van der Waals surface area contributed by atoms with Gasteiger partial charge in [-0.3, -0.25) is 14.3 Å². The van der Waals surface area contributed by atoms with Gasteiger partial charge in [0.2, 0.25) is 5.88 Å². The van der Waals surface area contributed by atoms with Crippen molar-refractivity contribution < 1.29 is 4.74 Å². The second-order valence-corrected chi connectivity index (χ2v) is 3.41. The lowest BCUT2D eigenvalue weighted by Gasteiger charge is -2.08. The normalized spacial score (nSPS) is 10.2. The molecule has 0 unspecified atom stereocenters. The Labute approximate surface area is 96.5 Å². The van der Waals surface area contributed by atoms with Gasteiger partial charge < -0.3 is 4.74 Å². The van der Waals surface area contributed by atoms with Crippen molar-refractivity contribution in [3.8, 4) is 5.88 Å². The van der Waals surface area contributed by atoms with Crippen LogP contribution in [0.25, 0.3) is 0 Å². The van der Waals surface area contributed by atoms with E-state index in [1.54, 1.807) is 12.3 Å². The number of ether oxygens (including phenoxy) is 1. The highest BCUT2D eigenvalue weighted by atomic mass is 16.5. The fourth-order valence-electron chi connectivity index (χ4n) is 1.48. The molecule has 0 amide bonds. The number of H-pyrrole nitrogens is 1. The SMILES string of the molecule is COc1ncccc1Cn1ccc(=O)[nH]c1=O. The highest BCUT2D eigenvalue weighted by Crippen LogP contribution is 2.13. The number of rotatable bonds is 3. The van der Waals surface area contributed by atoms with E-state index in [2.05, 4.69) is 9.97 Å².